The molecule has 0 amide bonds. The Morgan fingerprint density at radius 1 is 1.03 bits per heavy atom. The number of hydrogen-bond acceptors (Lipinski definition) is 7. The van der Waals surface area contributed by atoms with E-state index < -0.39 is 6.23 Å². The van der Waals surface area contributed by atoms with Gasteiger partial charge in [0.1, 0.15) is 23.0 Å². The topological polar surface area (TPSA) is 65.7 Å². The van der Waals surface area contributed by atoms with E-state index in [-0.39, 0.29) is 6.04 Å². The number of benzene rings is 2. The standard InChI is InChI=1S/C24H24N2O5/c1-4-29-22-8-5-7-16-19-14-18(21-9-6-12-30-21)25-26(19)24(31-23(16)22)17-13-15(27-2)10-11-20(17)28-3/h5-13,19,24H,4,14H2,1-3H3/t19-,24+/m0/s1. The van der Waals surface area contributed by atoms with Gasteiger partial charge in [0, 0.05) is 12.0 Å². The number of nitrogens with zero attached hydrogens (tertiary/aromatic N) is 2. The number of hydrogen-bond donors (Lipinski definition) is 0. The van der Waals surface area contributed by atoms with E-state index in [4.69, 9.17) is 28.5 Å². The molecule has 0 aliphatic carbocycles. The molecule has 0 N–H and O–H groups in total. The van der Waals surface area contributed by atoms with Crippen LogP contribution in [-0.4, -0.2) is 31.5 Å². The third-order valence-corrected chi connectivity index (χ3v) is 5.59. The van der Waals surface area contributed by atoms with Gasteiger partial charge in [0.15, 0.2) is 11.5 Å². The van der Waals surface area contributed by atoms with Crippen LogP contribution in [0.25, 0.3) is 0 Å². The first-order valence-corrected chi connectivity index (χ1v) is 10.3. The van der Waals surface area contributed by atoms with Gasteiger partial charge in [-0.3, -0.25) is 0 Å². The molecule has 5 rings (SSSR count). The van der Waals surface area contributed by atoms with Crippen molar-refractivity contribution in [3.8, 4) is 23.0 Å². The number of methoxy groups -OCH3 is 2. The average Bonchev–Trinajstić information content (AvgIpc) is 3.49. The number of hydrazone groups is 1. The molecule has 0 fully saturated rings. The molecular formula is C24H24N2O5. The summed E-state index contributed by atoms with van der Waals surface area (Å²) < 4.78 is 29.2. The molecular weight excluding hydrogens is 396 g/mol. The maximum atomic E-state index is 6.55. The number of rotatable bonds is 6. The van der Waals surface area contributed by atoms with Crippen LogP contribution in [-0.2, 0) is 0 Å². The van der Waals surface area contributed by atoms with Crippen LogP contribution in [0.1, 0.15) is 42.5 Å². The molecule has 2 aromatic carbocycles. The highest BCUT2D eigenvalue weighted by molar-refractivity contribution is 5.99. The summed E-state index contributed by atoms with van der Waals surface area (Å²) in [6.45, 7) is 2.51. The van der Waals surface area contributed by atoms with Gasteiger partial charge in [-0.05, 0) is 43.3 Å². The molecule has 160 valence electrons. The Bertz CT molecular complexity index is 1110. The van der Waals surface area contributed by atoms with Gasteiger partial charge in [-0.15, -0.1) is 0 Å². The SMILES string of the molecule is CCOc1cccc2c1O[C@H](c1cc(OC)ccc1OC)N1N=C(c3ccco3)C[C@@H]21. The van der Waals surface area contributed by atoms with Crippen LogP contribution in [0.15, 0.2) is 64.3 Å². The molecule has 31 heavy (non-hydrogen) atoms. The van der Waals surface area contributed by atoms with Gasteiger partial charge in [-0.1, -0.05) is 12.1 Å². The molecule has 0 radical (unpaired) electrons. The highest BCUT2D eigenvalue weighted by Crippen LogP contribution is 2.52. The molecule has 7 heteroatoms. The largest absolute Gasteiger partial charge is 0.497 e. The van der Waals surface area contributed by atoms with Crippen LogP contribution in [0.3, 0.4) is 0 Å². The monoisotopic (exact) mass is 420 g/mol. The van der Waals surface area contributed by atoms with Crippen molar-refractivity contribution in [1.82, 2.24) is 5.01 Å². The molecule has 3 heterocycles. The Kier molecular flexibility index (Phi) is 4.94. The Morgan fingerprint density at radius 3 is 2.68 bits per heavy atom. The molecule has 7 nitrogen and oxygen atoms in total. The Labute approximate surface area is 180 Å². The zero-order valence-corrected chi connectivity index (χ0v) is 17.7. The van der Waals surface area contributed by atoms with Crippen LogP contribution < -0.4 is 18.9 Å². The molecule has 2 atom stereocenters. The minimum Gasteiger partial charge on any atom is -0.497 e. The van der Waals surface area contributed by atoms with E-state index >= 15 is 0 Å². The highest BCUT2D eigenvalue weighted by atomic mass is 16.5. The molecule has 0 spiro atoms. The van der Waals surface area contributed by atoms with Gasteiger partial charge in [0.05, 0.1) is 38.7 Å². The van der Waals surface area contributed by atoms with E-state index in [1.165, 1.54) is 0 Å². The van der Waals surface area contributed by atoms with Gasteiger partial charge in [0.2, 0.25) is 6.23 Å². The third-order valence-electron chi connectivity index (χ3n) is 5.59. The van der Waals surface area contributed by atoms with Crippen LogP contribution in [0.4, 0.5) is 0 Å². The van der Waals surface area contributed by atoms with Crippen LogP contribution in [0, 0.1) is 0 Å². The second-order valence-electron chi connectivity index (χ2n) is 7.31. The fourth-order valence-electron chi connectivity index (χ4n) is 4.18. The predicted octanol–water partition coefficient (Wildman–Crippen LogP) is 4.94. The van der Waals surface area contributed by atoms with E-state index in [1.54, 1.807) is 20.5 Å². The fourth-order valence-corrected chi connectivity index (χ4v) is 4.18. The van der Waals surface area contributed by atoms with Crippen LogP contribution >= 0.6 is 0 Å². The normalized spacial score (nSPS) is 19.2. The summed E-state index contributed by atoms with van der Waals surface area (Å²) in [5.74, 6) is 3.63. The van der Waals surface area contributed by atoms with Crippen LogP contribution in [0.2, 0.25) is 0 Å². The third kappa shape index (κ3) is 3.26. The second-order valence-corrected chi connectivity index (χ2v) is 7.31. The lowest BCUT2D eigenvalue weighted by atomic mass is 9.97. The first kappa shape index (κ1) is 19.4. The van der Waals surface area contributed by atoms with E-state index in [0.29, 0.717) is 24.5 Å². The van der Waals surface area contributed by atoms with Crippen molar-refractivity contribution < 1.29 is 23.4 Å². The summed E-state index contributed by atoms with van der Waals surface area (Å²) >= 11 is 0. The van der Waals surface area contributed by atoms with Crippen molar-refractivity contribution in [3.05, 3.63) is 71.7 Å². The Morgan fingerprint density at radius 2 is 1.94 bits per heavy atom. The smallest absolute Gasteiger partial charge is 0.217 e. The first-order valence-electron chi connectivity index (χ1n) is 10.3. The molecule has 0 saturated heterocycles. The summed E-state index contributed by atoms with van der Waals surface area (Å²) in [5.41, 5.74) is 2.74. The quantitative estimate of drug-likeness (QED) is 0.563. The van der Waals surface area contributed by atoms with Crippen molar-refractivity contribution in [1.29, 1.82) is 0 Å². The van der Waals surface area contributed by atoms with Crippen molar-refractivity contribution in [2.75, 3.05) is 20.8 Å². The number of ether oxygens (including phenoxy) is 4. The van der Waals surface area contributed by atoms with Crippen molar-refractivity contribution in [2.45, 2.75) is 25.6 Å². The maximum Gasteiger partial charge on any atom is 0.217 e. The minimum atomic E-state index is -0.517. The molecule has 1 aromatic heterocycles. The maximum absolute atomic E-state index is 6.55. The summed E-state index contributed by atoms with van der Waals surface area (Å²) in [5, 5.41) is 6.89. The average molecular weight is 420 g/mol. The highest BCUT2D eigenvalue weighted by Gasteiger charge is 2.43. The van der Waals surface area contributed by atoms with Gasteiger partial charge >= 0.3 is 0 Å². The lowest BCUT2D eigenvalue weighted by Gasteiger charge is -2.39. The first-order chi connectivity index (χ1) is 15.2. The summed E-state index contributed by atoms with van der Waals surface area (Å²) in [7, 11) is 3.29. The van der Waals surface area contributed by atoms with Crippen molar-refractivity contribution >= 4 is 5.71 Å². The molecule has 0 bridgehead atoms. The predicted molar refractivity (Wildman–Crippen MR) is 115 cm³/mol. The number of para-hydroxylation sites is 1. The lowest BCUT2D eigenvalue weighted by Crippen LogP contribution is -2.34. The minimum absolute atomic E-state index is 0.0230. The van der Waals surface area contributed by atoms with Gasteiger partial charge in [0.25, 0.3) is 0 Å². The van der Waals surface area contributed by atoms with Crippen molar-refractivity contribution in [2.24, 2.45) is 5.10 Å². The molecule has 0 saturated carbocycles. The molecule has 2 aliphatic heterocycles. The summed E-state index contributed by atoms with van der Waals surface area (Å²) in [6.07, 6.45) is 1.84. The van der Waals surface area contributed by atoms with Crippen LogP contribution in [0.5, 0.6) is 23.0 Å². The van der Waals surface area contributed by atoms with Gasteiger partial charge in [-0.2, -0.15) is 5.10 Å². The Balaban J connectivity index is 1.66. The van der Waals surface area contributed by atoms with E-state index in [9.17, 15) is 0 Å². The molecule has 3 aromatic rings. The Hall–Kier alpha value is -3.61. The van der Waals surface area contributed by atoms with E-state index in [0.717, 1.165) is 34.1 Å². The zero-order valence-electron chi connectivity index (χ0n) is 17.7. The zero-order chi connectivity index (χ0) is 21.4. The fraction of sp³-hybridized carbons (Fsp3) is 0.292. The van der Waals surface area contributed by atoms with Crippen molar-refractivity contribution in [3.63, 3.8) is 0 Å². The van der Waals surface area contributed by atoms with E-state index in [2.05, 4.69) is 6.07 Å². The summed E-state index contributed by atoms with van der Waals surface area (Å²) in [4.78, 5) is 0. The molecule has 0 unspecified atom stereocenters. The summed E-state index contributed by atoms with van der Waals surface area (Å²) in [6, 6.07) is 15.4. The lowest BCUT2D eigenvalue weighted by molar-refractivity contribution is -0.0226. The molecule has 2 aliphatic rings. The van der Waals surface area contributed by atoms with E-state index in [1.807, 2.05) is 54.4 Å². The second kappa shape index (κ2) is 7.91. The van der Waals surface area contributed by atoms with Gasteiger partial charge < -0.3 is 23.4 Å². The number of fused-ring (bicyclic) bond motifs is 3. The number of furan rings is 1. The van der Waals surface area contributed by atoms with Gasteiger partial charge in [-0.25, -0.2) is 5.01 Å².